The van der Waals surface area contributed by atoms with Crippen molar-refractivity contribution in [2.45, 2.75) is 16.8 Å². The number of nitrogen functional groups attached to an aromatic ring is 2. The Balaban J connectivity index is 2.16. The quantitative estimate of drug-likeness (QED) is 0.538. The van der Waals surface area contributed by atoms with Gasteiger partial charge in [0.2, 0.25) is 11.8 Å². The minimum Gasteiger partial charge on any atom is -0.383 e. The maximum absolute atomic E-state index is 11.7. The minimum atomic E-state index is -0.492. The third-order valence-electron chi connectivity index (χ3n) is 2.33. The molecule has 0 spiro atoms. The number of amides is 2. The lowest BCUT2D eigenvalue weighted by atomic mass is 10.4. The lowest BCUT2D eigenvalue weighted by Crippen LogP contribution is -2.26. The van der Waals surface area contributed by atoms with Crippen LogP contribution < -0.4 is 11.5 Å². The van der Waals surface area contributed by atoms with Gasteiger partial charge in [0.15, 0.2) is 5.16 Å². The summed E-state index contributed by atoms with van der Waals surface area (Å²) in [5, 5.41) is -0.183. The lowest BCUT2D eigenvalue weighted by molar-refractivity contribution is -0.136. The SMILES string of the molecule is CN1C(=O)CC(Sc2nc(N)cc(N)n2)C1=O. The normalized spacial score (nSPS) is 20.1. The summed E-state index contributed by atoms with van der Waals surface area (Å²) in [6, 6.07) is 1.43. The molecule has 2 heterocycles. The van der Waals surface area contributed by atoms with E-state index in [-0.39, 0.29) is 29.9 Å². The molecule has 1 atom stereocenters. The van der Waals surface area contributed by atoms with E-state index < -0.39 is 5.25 Å². The Bertz CT molecular complexity index is 472. The lowest BCUT2D eigenvalue weighted by Gasteiger charge is -2.08. The van der Waals surface area contributed by atoms with Gasteiger partial charge in [0.1, 0.15) is 16.9 Å². The van der Waals surface area contributed by atoms with Gasteiger partial charge < -0.3 is 11.5 Å². The summed E-state index contributed by atoms with van der Waals surface area (Å²) in [6.07, 6.45) is 0.151. The van der Waals surface area contributed by atoms with E-state index in [1.807, 2.05) is 0 Å². The van der Waals surface area contributed by atoms with Gasteiger partial charge in [-0.05, 0) is 0 Å². The largest absolute Gasteiger partial charge is 0.383 e. The molecule has 2 amide bonds. The van der Waals surface area contributed by atoms with Crippen molar-refractivity contribution < 1.29 is 9.59 Å². The molecule has 0 aliphatic carbocycles. The van der Waals surface area contributed by atoms with Crippen molar-refractivity contribution in [3.8, 4) is 0 Å². The van der Waals surface area contributed by atoms with Crippen LogP contribution in [0.1, 0.15) is 6.42 Å². The molecule has 1 aliphatic heterocycles. The van der Waals surface area contributed by atoms with Crippen molar-refractivity contribution >= 4 is 35.2 Å². The van der Waals surface area contributed by atoms with Gasteiger partial charge in [0.05, 0.1) is 0 Å². The van der Waals surface area contributed by atoms with Crippen LogP contribution in [-0.2, 0) is 9.59 Å². The highest BCUT2D eigenvalue weighted by molar-refractivity contribution is 8.00. The van der Waals surface area contributed by atoms with E-state index >= 15 is 0 Å². The molecule has 1 aliphatic rings. The average Bonchev–Trinajstić information content (AvgIpc) is 2.45. The molecule has 7 nitrogen and oxygen atoms in total. The molecule has 1 aromatic heterocycles. The molecule has 17 heavy (non-hydrogen) atoms. The summed E-state index contributed by atoms with van der Waals surface area (Å²) in [5.74, 6) is 0.0317. The minimum absolute atomic E-state index is 0.151. The zero-order valence-electron chi connectivity index (χ0n) is 9.08. The van der Waals surface area contributed by atoms with Crippen LogP contribution in [0, 0.1) is 0 Å². The summed E-state index contributed by atoms with van der Waals surface area (Å²) in [4.78, 5) is 32.0. The molecule has 0 saturated carbocycles. The van der Waals surface area contributed by atoms with Gasteiger partial charge in [-0.1, -0.05) is 11.8 Å². The van der Waals surface area contributed by atoms with Gasteiger partial charge in [0.25, 0.3) is 0 Å². The van der Waals surface area contributed by atoms with Crippen LogP contribution in [0.25, 0.3) is 0 Å². The Hall–Kier alpha value is -1.83. The van der Waals surface area contributed by atoms with E-state index in [4.69, 9.17) is 11.5 Å². The van der Waals surface area contributed by atoms with Crippen molar-refractivity contribution in [3.63, 3.8) is 0 Å². The van der Waals surface area contributed by atoms with Crippen LogP contribution in [0.4, 0.5) is 11.6 Å². The van der Waals surface area contributed by atoms with Gasteiger partial charge in [-0.2, -0.15) is 0 Å². The second kappa shape index (κ2) is 4.21. The molecular weight excluding hydrogens is 242 g/mol. The van der Waals surface area contributed by atoms with Gasteiger partial charge in [0, 0.05) is 19.5 Å². The van der Waals surface area contributed by atoms with Gasteiger partial charge >= 0.3 is 0 Å². The molecule has 2 rings (SSSR count). The first-order valence-corrected chi connectivity index (χ1v) is 5.72. The fourth-order valence-corrected chi connectivity index (χ4v) is 2.51. The van der Waals surface area contributed by atoms with E-state index in [0.29, 0.717) is 5.16 Å². The number of rotatable bonds is 2. The second-order valence-corrected chi connectivity index (χ2v) is 4.77. The van der Waals surface area contributed by atoms with Crippen LogP contribution in [0.2, 0.25) is 0 Å². The number of likely N-dealkylation sites (tertiary alicyclic amines) is 1. The first-order valence-electron chi connectivity index (χ1n) is 4.84. The van der Waals surface area contributed by atoms with Crippen molar-refractivity contribution in [2.75, 3.05) is 18.5 Å². The number of hydrogen-bond donors (Lipinski definition) is 2. The summed E-state index contributed by atoms with van der Waals surface area (Å²) >= 11 is 1.10. The Morgan fingerprint density at radius 2 is 1.94 bits per heavy atom. The van der Waals surface area contributed by atoms with Crippen molar-refractivity contribution in [3.05, 3.63) is 6.07 Å². The first kappa shape index (κ1) is 11.6. The summed E-state index contributed by atoms with van der Waals surface area (Å²) < 4.78 is 0. The zero-order valence-corrected chi connectivity index (χ0v) is 9.90. The summed E-state index contributed by atoms with van der Waals surface area (Å²) in [5.41, 5.74) is 11.0. The molecule has 0 bridgehead atoms. The number of imide groups is 1. The number of nitrogens with two attached hydrogens (primary N) is 2. The molecule has 1 fully saturated rings. The van der Waals surface area contributed by atoms with Crippen molar-refractivity contribution in [1.29, 1.82) is 0 Å². The Labute approximate surface area is 102 Å². The van der Waals surface area contributed by atoms with Crippen LogP contribution in [0.3, 0.4) is 0 Å². The van der Waals surface area contributed by atoms with Crippen LogP contribution in [-0.4, -0.2) is 39.0 Å². The number of anilines is 2. The van der Waals surface area contributed by atoms with E-state index in [9.17, 15) is 9.59 Å². The Morgan fingerprint density at radius 3 is 2.41 bits per heavy atom. The summed E-state index contributed by atoms with van der Waals surface area (Å²) in [7, 11) is 1.46. The predicted molar refractivity (Wildman–Crippen MR) is 62.9 cm³/mol. The first-order chi connectivity index (χ1) is 7.97. The second-order valence-electron chi connectivity index (χ2n) is 3.60. The predicted octanol–water partition coefficient (Wildman–Crippen LogP) is -0.510. The highest BCUT2D eigenvalue weighted by atomic mass is 32.2. The molecular formula is C9H11N5O2S. The molecule has 4 N–H and O–H groups in total. The van der Waals surface area contributed by atoms with Crippen LogP contribution in [0.5, 0.6) is 0 Å². The fraction of sp³-hybridized carbons (Fsp3) is 0.333. The van der Waals surface area contributed by atoms with E-state index in [1.165, 1.54) is 13.1 Å². The molecule has 0 aromatic carbocycles. The number of aromatic nitrogens is 2. The topological polar surface area (TPSA) is 115 Å². The van der Waals surface area contributed by atoms with Crippen LogP contribution in [0.15, 0.2) is 11.2 Å². The third kappa shape index (κ3) is 2.31. The highest BCUT2D eigenvalue weighted by Gasteiger charge is 2.37. The van der Waals surface area contributed by atoms with Crippen molar-refractivity contribution in [2.24, 2.45) is 0 Å². The smallest absolute Gasteiger partial charge is 0.243 e. The number of hydrogen-bond acceptors (Lipinski definition) is 7. The van der Waals surface area contributed by atoms with Gasteiger partial charge in [-0.25, -0.2) is 9.97 Å². The standard InChI is InChI=1S/C9H11N5O2S/c1-14-7(15)2-4(8(14)16)17-9-12-5(10)3-6(11)13-9/h3-4H,2H2,1H3,(H4,10,11,12,13). The number of thioether (sulfide) groups is 1. The zero-order chi connectivity index (χ0) is 12.6. The monoisotopic (exact) mass is 253 g/mol. The molecule has 1 aromatic rings. The number of carbonyl (C=O) groups is 2. The highest BCUT2D eigenvalue weighted by Crippen LogP contribution is 2.29. The third-order valence-corrected chi connectivity index (χ3v) is 3.38. The van der Waals surface area contributed by atoms with Gasteiger partial charge in [-0.3, -0.25) is 14.5 Å². The molecule has 1 saturated heterocycles. The van der Waals surface area contributed by atoms with Crippen molar-refractivity contribution in [1.82, 2.24) is 14.9 Å². The number of nitrogens with zero attached hydrogens (tertiary/aromatic N) is 3. The Kier molecular flexibility index (Phi) is 2.88. The summed E-state index contributed by atoms with van der Waals surface area (Å²) in [6.45, 7) is 0. The number of carbonyl (C=O) groups excluding carboxylic acids is 2. The van der Waals surface area contributed by atoms with E-state index in [2.05, 4.69) is 9.97 Å². The van der Waals surface area contributed by atoms with Gasteiger partial charge in [-0.15, -0.1) is 0 Å². The molecule has 0 radical (unpaired) electrons. The molecule has 8 heteroatoms. The average molecular weight is 253 g/mol. The fourth-order valence-electron chi connectivity index (χ4n) is 1.46. The Morgan fingerprint density at radius 1 is 1.35 bits per heavy atom. The maximum atomic E-state index is 11.7. The van der Waals surface area contributed by atoms with Crippen LogP contribution >= 0.6 is 11.8 Å². The van der Waals surface area contributed by atoms with E-state index in [0.717, 1.165) is 16.7 Å². The maximum Gasteiger partial charge on any atom is 0.243 e. The molecule has 1 unspecified atom stereocenters. The van der Waals surface area contributed by atoms with E-state index in [1.54, 1.807) is 0 Å². The molecule has 90 valence electrons.